The Morgan fingerprint density at radius 1 is 1.17 bits per heavy atom. The number of hydrogen-bond donors (Lipinski definition) is 0. The molecule has 0 bridgehead atoms. The third kappa shape index (κ3) is 5.36. The van der Waals surface area contributed by atoms with E-state index < -0.39 is 16.0 Å². The highest BCUT2D eigenvalue weighted by Gasteiger charge is 2.29. The topological polar surface area (TPSA) is 93.2 Å². The van der Waals surface area contributed by atoms with Gasteiger partial charge in [0.25, 0.3) is 5.91 Å². The molecule has 8 nitrogen and oxygen atoms in total. The second kappa shape index (κ2) is 9.55. The molecule has 0 spiro atoms. The van der Waals surface area contributed by atoms with E-state index in [1.54, 1.807) is 4.90 Å². The molecule has 0 radical (unpaired) electrons. The molecule has 2 saturated heterocycles. The van der Waals surface area contributed by atoms with Gasteiger partial charge in [-0.25, -0.2) is 13.2 Å². The number of carbonyl (C=O) groups excluding carboxylic acids is 2. The number of amides is 1. The van der Waals surface area contributed by atoms with Gasteiger partial charge in [0.1, 0.15) is 0 Å². The van der Waals surface area contributed by atoms with Gasteiger partial charge in [0.2, 0.25) is 10.0 Å². The summed E-state index contributed by atoms with van der Waals surface area (Å²) in [7, 11) is -3.78. The molecule has 2 aliphatic heterocycles. The molecule has 1 amide bonds. The summed E-state index contributed by atoms with van der Waals surface area (Å²) in [5, 5.41) is 0. The SMILES string of the molecule is CC1CCN(C(=O)COC(=O)c2ccc(Br)c(S(=O)(=O)N3CCOCC3)c2)CC1. The fourth-order valence-electron chi connectivity index (χ4n) is 3.31. The third-order valence-corrected chi connectivity index (χ3v) is 8.11. The number of carbonyl (C=O) groups is 2. The van der Waals surface area contributed by atoms with Crippen molar-refractivity contribution in [3.63, 3.8) is 0 Å². The summed E-state index contributed by atoms with van der Waals surface area (Å²) < 4.78 is 37.9. The van der Waals surface area contributed by atoms with Crippen LogP contribution in [0.15, 0.2) is 27.6 Å². The average Bonchev–Trinajstić information content (AvgIpc) is 2.73. The van der Waals surface area contributed by atoms with Crippen LogP contribution in [0.5, 0.6) is 0 Å². The van der Waals surface area contributed by atoms with E-state index in [4.69, 9.17) is 9.47 Å². The number of rotatable bonds is 5. The molecule has 0 N–H and O–H groups in total. The minimum atomic E-state index is -3.78. The average molecular weight is 489 g/mol. The van der Waals surface area contributed by atoms with Gasteiger partial charge in [-0.3, -0.25) is 4.79 Å². The zero-order valence-corrected chi connectivity index (χ0v) is 18.7. The van der Waals surface area contributed by atoms with Crippen molar-refractivity contribution >= 4 is 37.8 Å². The van der Waals surface area contributed by atoms with Crippen molar-refractivity contribution in [1.82, 2.24) is 9.21 Å². The van der Waals surface area contributed by atoms with Gasteiger partial charge >= 0.3 is 5.97 Å². The van der Waals surface area contributed by atoms with Gasteiger partial charge in [0.15, 0.2) is 6.61 Å². The number of halogens is 1. The van der Waals surface area contributed by atoms with Crippen LogP contribution >= 0.6 is 15.9 Å². The molecule has 0 aliphatic carbocycles. The first-order valence-electron chi connectivity index (χ1n) is 9.61. The Morgan fingerprint density at radius 3 is 2.48 bits per heavy atom. The number of benzene rings is 1. The largest absolute Gasteiger partial charge is 0.452 e. The van der Waals surface area contributed by atoms with Gasteiger partial charge in [-0.1, -0.05) is 6.92 Å². The molecule has 0 unspecified atom stereocenters. The summed E-state index contributed by atoms with van der Waals surface area (Å²) in [4.78, 5) is 26.4. The third-order valence-electron chi connectivity index (χ3n) is 5.22. The maximum Gasteiger partial charge on any atom is 0.338 e. The van der Waals surface area contributed by atoms with E-state index in [9.17, 15) is 18.0 Å². The number of likely N-dealkylation sites (tertiary alicyclic amines) is 1. The van der Waals surface area contributed by atoms with Crippen LogP contribution in [0.25, 0.3) is 0 Å². The van der Waals surface area contributed by atoms with E-state index in [0.29, 0.717) is 36.7 Å². The summed E-state index contributed by atoms with van der Waals surface area (Å²) in [6, 6.07) is 4.25. The Kier molecular flexibility index (Phi) is 7.31. The summed E-state index contributed by atoms with van der Waals surface area (Å²) in [6.07, 6.45) is 1.88. The van der Waals surface area contributed by atoms with Crippen molar-refractivity contribution in [2.45, 2.75) is 24.7 Å². The standard InChI is InChI=1S/C19H25BrN2O6S/c1-14-4-6-21(7-5-14)18(23)13-28-19(24)15-2-3-16(20)17(12-15)29(25,26)22-8-10-27-11-9-22/h2-3,12,14H,4-11,13H2,1H3. The van der Waals surface area contributed by atoms with Crippen molar-refractivity contribution in [2.75, 3.05) is 46.0 Å². The smallest absolute Gasteiger partial charge is 0.338 e. The second-order valence-corrected chi connectivity index (χ2v) is 10.1. The Morgan fingerprint density at radius 2 is 1.83 bits per heavy atom. The molecular weight excluding hydrogens is 464 g/mol. The fraction of sp³-hybridized carbons (Fsp3) is 0.579. The number of piperidine rings is 1. The van der Waals surface area contributed by atoms with E-state index in [2.05, 4.69) is 22.9 Å². The van der Waals surface area contributed by atoms with Gasteiger partial charge in [0.05, 0.1) is 23.7 Å². The van der Waals surface area contributed by atoms with Gasteiger partial charge < -0.3 is 14.4 Å². The van der Waals surface area contributed by atoms with Gasteiger partial charge in [-0.05, 0) is 52.9 Å². The summed E-state index contributed by atoms with van der Waals surface area (Å²) >= 11 is 3.25. The van der Waals surface area contributed by atoms with E-state index in [1.807, 2.05) is 0 Å². The highest BCUT2D eigenvalue weighted by atomic mass is 79.9. The van der Waals surface area contributed by atoms with E-state index in [1.165, 1.54) is 22.5 Å². The Balaban J connectivity index is 1.67. The molecule has 2 heterocycles. The molecule has 0 aromatic heterocycles. The van der Waals surface area contributed by atoms with Crippen molar-refractivity contribution in [3.8, 4) is 0 Å². The molecular formula is C19H25BrN2O6S. The van der Waals surface area contributed by atoms with E-state index in [0.717, 1.165) is 12.8 Å². The lowest BCUT2D eigenvalue weighted by Crippen LogP contribution is -2.40. The minimum Gasteiger partial charge on any atom is -0.452 e. The predicted molar refractivity (Wildman–Crippen MR) is 109 cm³/mol. The van der Waals surface area contributed by atoms with Crippen molar-refractivity contribution in [1.29, 1.82) is 0 Å². The first-order valence-corrected chi connectivity index (χ1v) is 11.8. The highest BCUT2D eigenvalue weighted by Crippen LogP contribution is 2.27. The van der Waals surface area contributed by atoms with Crippen LogP contribution in [0.4, 0.5) is 0 Å². The monoisotopic (exact) mass is 488 g/mol. The number of morpholine rings is 1. The molecule has 10 heteroatoms. The molecule has 0 atom stereocenters. The van der Waals surface area contributed by atoms with E-state index in [-0.39, 0.29) is 36.1 Å². The maximum atomic E-state index is 12.9. The maximum absolute atomic E-state index is 12.9. The van der Waals surface area contributed by atoms with Crippen LogP contribution in [-0.2, 0) is 24.3 Å². The van der Waals surface area contributed by atoms with Crippen LogP contribution < -0.4 is 0 Å². The molecule has 0 saturated carbocycles. The van der Waals surface area contributed by atoms with Crippen LogP contribution in [0.2, 0.25) is 0 Å². The number of sulfonamides is 1. The van der Waals surface area contributed by atoms with Crippen LogP contribution in [0, 0.1) is 5.92 Å². The van der Waals surface area contributed by atoms with Crippen LogP contribution in [0.1, 0.15) is 30.1 Å². The molecule has 29 heavy (non-hydrogen) atoms. The molecule has 160 valence electrons. The normalized spacial score (nSPS) is 19.2. The Hall–Kier alpha value is -1.49. The van der Waals surface area contributed by atoms with Crippen molar-refractivity contribution in [2.24, 2.45) is 5.92 Å². The quantitative estimate of drug-likeness (QED) is 0.587. The molecule has 2 fully saturated rings. The van der Waals surface area contributed by atoms with Crippen molar-refractivity contribution in [3.05, 3.63) is 28.2 Å². The zero-order chi connectivity index (χ0) is 21.0. The molecule has 1 aromatic carbocycles. The highest BCUT2D eigenvalue weighted by molar-refractivity contribution is 9.10. The van der Waals surface area contributed by atoms with Crippen molar-refractivity contribution < 1.29 is 27.5 Å². The predicted octanol–water partition coefficient (Wildman–Crippen LogP) is 1.89. The number of nitrogens with zero attached hydrogens (tertiary/aromatic N) is 2. The molecule has 1 aromatic rings. The number of hydrogen-bond acceptors (Lipinski definition) is 6. The lowest BCUT2D eigenvalue weighted by atomic mass is 9.99. The first kappa shape index (κ1) is 22.2. The summed E-state index contributed by atoms with van der Waals surface area (Å²) in [6.45, 7) is 4.30. The molecule has 2 aliphatic rings. The Labute approximate surface area is 179 Å². The minimum absolute atomic E-state index is 0.00908. The van der Waals surface area contributed by atoms with Crippen LogP contribution in [0.3, 0.4) is 0 Å². The Bertz CT molecular complexity index is 861. The number of esters is 1. The number of ether oxygens (including phenoxy) is 2. The zero-order valence-electron chi connectivity index (χ0n) is 16.3. The lowest BCUT2D eigenvalue weighted by molar-refractivity contribution is -0.135. The van der Waals surface area contributed by atoms with Gasteiger partial charge in [0, 0.05) is 30.7 Å². The summed E-state index contributed by atoms with van der Waals surface area (Å²) in [5.41, 5.74) is 0.0834. The molecule has 3 rings (SSSR count). The second-order valence-electron chi connectivity index (χ2n) is 7.30. The van der Waals surface area contributed by atoms with Gasteiger partial charge in [-0.15, -0.1) is 0 Å². The lowest BCUT2D eigenvalue weighted by Gasteiger charge is -2.30. The van der Waals surface area contributed by atoms with Crippen LogP contribution in [-0.4, -0.2) is 75.5 Å². The summed E-state index contributed by atoms with van der Waals surface area (Å²) in [5.74, 6) is -0.366. The van der Waals surface area contributed by atoms with Gasteiger partial charge in [-0.2, -0.15) is 4.31 Å². The fourth-order valence-corrected chi connectivity index (χ4v) is 5.67. The first-order chi connectivity index (χ1) is 13.8. The van der Waals surface area contributed by atoms with E-state index >= 15 is 0 Å².